The monoisotopic (exact) mass is 178 g/mol. The van der Waals surface area contributed by atoms with E-state index in [1.807, 2.05) is 12.1 Å². The van der Waals surface area contributed by atoms with E-state index in [0.29, 0.717) is 0 Å². The van der Waals surface area contributed by atoms with E-state index in [4.69, 9.17) is 5.73 Å². The maximum absolute atomic E-state index is 10.1. The normalized spacial score (nSPS) is 26.9. The Kier molecular flexibility index (Phi) is 2.06. The van der Waals surface area contributed by atoms with Gasteiger partial charge in [0.25, 0.3) is 0 Å². The van der Waals surface area contributed by atoms with Crippen LogP contribution in [0, 0.1) is 0 Å². The molecule has 1 aromatic heterocycles. The smallest absolute Gasteiger partial charge is 0.119 e. The number of aliphatic hydroxyl groups is 1. The van der Waals surface area contributed by atoms with Crippen molar-refractivity contribution in [2.45, 2.75) is 24.9 Å². The predicted octanol–water partition coefficient (Wildman–Crippen LogP) is 0.564. The first-order chi connectivity index (χ1) is 6.26. The van der Waals surface area contributed by atoms with Gasteiger partial charge in [0.1, 0.15) is 5.60 Å². The second-order valence-electron chi connectivity index (χ2n) is 3.60. The van der Waals surface area contributed by atoms with Crippen LogP contribution in [0.4, 0.5) is 0 Å². The van der Waals surface area contributed by atoms with E-state index in [-0.39, 0.29) is 6.54 Å². The maximum atomic E-state index is 10.1. The first-order valence-electron chi connectivity index (χ1n) is 4.63. The molecule has 0 amide bonds. The fourth-order valence-corrected chi connectivity index (χ4v) is 1.95. The third-order valence-electron chi connectivity index (χ3n) is 2.71. The van der Waals surface area contributed by atoms with Crippen LogP contribution in [0.2, 0.25) is 0 Å². The standard InChI is InChI=1S/C10H14N2O/c11-7-10(13)5-1-3-8-4-2-6-12-9(8)10/h2,4,6,13H,1,3,5,7,11H2. The minimum absolute atomic E-state index is 0.261. The van der Waals surface area contributed by atoms with Gasteiger partial charge in [0, 0.05) is 12.7 Å². The number of nitrogens with two attached hydrogens (primary N) is 1. The molecule has 1 atom stereocenters. The van der Waals surface area contributed by atoms with Crippen LogP contribution in [-0.2, 0) is 12.0 Å². The number of pyridine rings is 1. The Morgan fingerprint density at radius 3 is 3.23 bits per heavy atom. The van der Waals surface area contributed by atoms with Gasteiger partial charge in [-0.2, -0.15) is 0 Å². The molecule has 1 unspecified atom stereocenters. The molecule has 3 heteroatoms. The zero-order valence-electron chi connectivity index (χ0n) is 7.53. The zero-order chi connectivity index (χ0) is 9.31. The second kappa shape index (κ2) is 3.09. The highest BCUT2D eigenvalue weighted by Crippen LogP contribution is 2.32. The van der Waals surface area contributed by atoms with Crippen molar-refractivity contribution in [1.29, 1.82) is 0 Å². The fourth-order valence-electron chi connectivity index (χ4n) is 1.95. The lowest BCUT2D eigenvalue weighted by Crippen LogP contribution is -2.39. The molecule has 0 aliphatic heterocycles. The summed E-state index contributed by atoms with van der Waals surface area (Å²) in [5, 5.41) is 10.1. The van der Waals surface area contributed by atoms with Crippen LogP contribution in [0.15, 0.2) is 18.3 Å². The molecule has 0 bridgehead atoms. The number of fused-ring (bicyclic) bond motifs is 1. The Labute approximate surface area is 77.6 Å². The van der Waals surface area contributed by atoms with Gasteiger partial charge in [0.15, 0.2) is 0 Å². The molecule has 0 saturated heterocycles. The van der Waals surface area contributed by atoms with E-state index in [9.17, 15) is 5.11 Å². The lowest BCUT2D eigenvalue weighted by molar-refractivity contribution is 0.0233. The zero-order valence-corrected chi connectivity index (χ0v) is 7.53. The molecule has 0 aromatic carbocycles. The van der Waals surface area contributed by atoms with Crippen LogP contribution < -0.4 is 5.73 Å². The molecule has 3 N–H and O–H groups in total. The highest BCUT2D eigenvalue weighted by Gasteiger charge is 2.33. The van der Waals surface area contributed by atoms with Crippen LogP contribution in [0.1, 0.15) is 24.1 Å². The van der Waals surface area contributed by atoms with E-state index >= 15 is 0 Å². The minimum atomic E-state index is -0.880. The number of nitrogens with zero attached hydrogens (tertiary/aromatic N) is 1. The van der Waals surface area contributed by atoms with Crippen molar-refractivity contribution >= 4 is 0 Å². The van der Waals surface area contributed by atoms with Gasteiger partial charge in [0.2, 0.25) is 0 Å². The first kappa shape index (κ1) is 8.66. The largest absolute Gasteiger partial charge is 0.382 e. The number of aryl methyl sites for hydroxylation is 1. The van der Waals surface area contributed by atoms with Gasteiger partial charge in [-0.15, -0.1) is 0 Å². The highest BCUT2D eigenvalue weighted by atomic mass is 16.3. The van der Waals surface area contributed by atoms with E-state index in [0.717, 1.165) is 30.5 Å². The van der Waals surface area contributed by atoms with Gasteiger partial charge in [-0.3, -0.25) is 4.98 Å². The summed E-state index contributed by atoms with van der Waals surface area (Å²) in [5.41, 5.74) is 6.60. The lowest BCUT2D eigenvalue weighted by atomic mass is 9.83. The third-order valence-corrected chi connectivity index (χ3v) is 2.71. The van der Waals surface area contributed by atoms with Crippen LogP contribution in [0.5, 0.6) is 0 Å². The average molecular weight is 178 g/mol. The molecule has 1 aliphatic rings. The molecule has 0 fully saturated rings. The van der Waals surface area contributed by atoms with Crippen molar-refractivity contribution in [3.05, 3.63) is 29.6 Å². The summed E-state index contributed by atoms with van der Waals surface area (Å²) in [4.78, 5) is 4.21. The lowest BCUT2D eigenvalue weighted by Gasteiger charge is -2.31. The fraction of sp³-hybridized carbons (Fsp3) is 0.500. The average Bonchev–Trinajstić information content (AvgIpc) is 2.19. The van der Waals surface area contributed by atoms with Gasteiger partial charge < -0.3 is 10.8 Å². The van der Waals surface area contributed by atoms with E-state index in [2.05, 4.69) is 4.98 Å². The van der Waals surface area contributed by atoms with E-state index < -0.39 is 5.60 Å². The van der Waals surface area contributed by atoms with Crippen molar-refractivity contribution in [3.63, 3.8) is 0 Å². The second-order valence-corrected chi connectivity index (χ2v) is 3.60. The summed E-state index contributed by atoms with van der Waals surface area (Å²) in [6.45, 7) is 0.261. The predicted molar refractivity (Wildman–Crippen MR) is 50.1 cm³/mol. The summed E-state index contributed by atoms with van der Waals surface area (Å²) < 4.78 is 0. The summed E-state index contributed by atoms with van der Waals surface area (Å²) in [5.74, 6) is 0. The van der Waals surface area contributed by atoms with Crippen molar-refractivity contribution in [3.8, 4) is 0 Å². The SMILES string of the molecule is NCC1(O)CCCc2cccnc21. The maximum Gasteiger partial charge on any atom is 0.119 e. The van der Waals surface area contributed by atoms with E-state index in [1.165, 1.54) is 0 Å². The molecule has 1 aliphatic carbocycles. The number of hydrogen-bond donors (Lipinski definition) is 2. The molecule has 0 saturated carbocycles. The first-order valence-corrected chi connectivity index (χ1v) is 4.63. The summed E-state index contributed by atoms with van der Waals surface area (Å²) in [6, 6.07) is 3.92. The Hall–Kier alpha value is -0.930. The molecular formula is C10H14N2O. The molecule has 1 heterocycles. The van der Waals surface area contributed by atoms with Crippen molar-refractivity contribution in [2.24, 2.45) is 5.73 Å². The molecule has 2 rings (SSSR count). The van der Waals surface area contributed by atoms with Crippen molar-refractivity contribution in [2.75, 3.05) is 6.54 Å². The Balaban J connectivity index is 2.48. The summed E-state index contributed by atoms with van der Waals surface area (Å²) in [7, 11) is 0. The van der Waals surface area contributed by atoms with Gasteiger partial charge in [-0.25, -0.2) is 0 Å². The van der Waals surface area contributed by atoms with Gasteiger partial charge in [0.05, 0.1) is 5.69 Å². The third kappa shape index (κ3) is 1.34. The molecule has 0 radical (unpaired) electrons. The molecule has 1 aromatic rings. The Bertz CT molecular complexity index is 314. The molecule has 3 nitrogen and oxygen atoms in total. The molecule has 13 heavy (non-hydrogen) atoms. The van der Waals surface area contributed by atoms with Gasteiger partial charge in [-0.05, 0) is 30.9 Å². The number of aromatic nitrogens is 1. The Morgan fingerprint density at radius 1 is 1.62 bits per heavy atom. The van der Waals surface area contributed by atoms with Crippen molar-refractivity contribution in [1.82, 2.24) is 4.98 Å². The summed E-state index contributed by atoms with van der Waals surface area (Å²) >= 11 is 0. The molecular weight excluding hydrogens is 164 g/mol. The number of hydrogen-bond acceptors (Lipinski definition) is 3. The van der Waals surface area contributed by atoms with E-state index in [1.54, 1.807) is 6.20 Å². The van der Waals surface area contributed by atoms with Crippen LogP contribution >= 0.6 is 0 Å². The topological polar surface area (TPSA) is 59.1 Å². The highest BCUT2D eigenvalue weighted by molar-refractivity contribution is 5.28. The van der Waals surface area contributed by atoms with Crippen LogP contribution in [0.3, 0.4) is 0 Å². The summed E-state index contributed by atoms with van der Waals surface area (Å²) in [6.07, 6.45) is 4.44. The Morgan fingerprint density at radius 2 is 2.46 bits per heavy atom. The van der Waals surface area contributed by atoms with Crippen LogP contribution in [0.25, 0.3) is 0 Å². The van der Waals surface area contributed by atoms with Gasteiger partial charge in [-0.1, -0.05) is 6.07 Å². The van der Waals surface area contributed by atoms with Gasteiger partial charge >= 0.3 is 0 Å². The number of rotatable bonds is 1. The quantitative estimate of drug-likeness (QED) is 0.660. The molecule has 70 valence electrons. The van der Waals surface area contributed by atoms with Crippen LogP contribution in [-0.4, -0.2) is 16.6 Å². The minimum Gasteiger partial charge on any atom is -0.382 e. The van der Waals surface area contributed by atoms with Crippen molar-refractivity contribution < 1.29 is 5.11 Å². The molecule has 0 spiro atoms.